The van der Waals surface area contributed by atoms with Crippen molar-refractivity contribution in [2.24, 2.45) is 0 Å². The summed E-state index contributed by atoms with van der Waals surface area (Å²) in [7, 11) is 0. The van der Waals surface area contributed by atoms with Gasteiger partial charge in [-0.25, -0.2) is 0 Å². The molecule has 0 amide bonds. The van der Waals surface area contributed by atoms with Crippen molar-refractivity contribution in [3.05, 3.63) is 0 Å². The molecule has 0 spiro atoms. The predicted molar refractivity (Wildman–Crippen MR) is 42.3 cm³/mol. The molecule has 0 aromatic heterocycles. The molecule has 4 heteroatoms. The zero-order valence-corrected chi connectivity index (χ0v) is 9.93. The van der Waals surface area contributed by atoms with Crippen LogP contribution in [-0.4, -0.2) is 37.5 Å². The molecular formula is C8H16FINO-. The van der Waals surface area contributed by atoms with Gasteiger partial charge in [0.1, 0.15) is 0 Å². The van der Waals surface area contributed by atoms with Crippen molar-refractivity contribution in [3.8, 4) is 0 Å². The second-order valence-electron chi connectivity index (χ2n) is 3.79. The van der Waals surface area contributed by atoms with E-state index in [9.17, 15) is 9.50 Å². The van der Waals surface area contributed by atoms with Gasteiger partial charge in [0.15, 0.2) is 0 Å². The molecule has 1 rings (SSSR count). The average molecular weight is 288 g/mol. The van der Waals surface area contributed by atoms with Crippen molar-refractivity contribution >= 4 is 0 Å². The van der Waals surface area contributed by atoms with Crippen LogP contribution in [-0.2, 0) is 0 Å². The molecule has 0 aromatic rings. The molecule has 1 fully saturated rings. The SMILES string of the molecule is C[I-]N1CCC(F)(C(C)(C)O)C1. The van der Waals surface area contributed by atoms with Crippen LogP contribution in [0.4, 0.5) is 4.39 Å². The molecule has 0 saturated carbocycles. The molecule has 1 heterocycles. The summed E-state index contributed by atoms with van der Waals surface area (Å²) in [5, 5.41) is 9.60. The summed E-state index contributed by atoms with van der Waals surface area (Å²) in [6, 6.07) is 0. The predicted octanol–water partition coefficient (Wildman–Crippen LogP) is -2.19. The number of hydrogen-bond donors (Lipinski definition) is 1. The van der Waals surface area contributed by atoms with Crippen molar-refractivity contribution in [1.29, 1.82) is 0 Å². The molecule has 0 bridgehead atoms. The van der Waals surface area contributed by atoms with Gasteiger partial charge in [0, 0.05) is 0 Å². The van der Waals surface area contributed by atoms with Crippen LogP contribution in [0.5, 0.6) is 0 Å². The van der Waals surface area contributed by atoms with Gasteiger partial charge in [-0.3, -0.25) is 0 Å². The Morgan fingerprint density at radius 1 is 1.58 bits per heavy atom. The van der Waals surface area contributed by atoms with Crippen LogP contribution < -0.4 is 21.5 Å². The third-order valence-corrected chi connectivity index (χ3v) is 4.70. The van der Waals surface area contributed by atoms with Crippen molar-refractivity contribution in [2.45, 2.75) is 31.5 Å². The van der Waals surface area contributed by atoms with E-state index in [1.807, 2.05) is 0 Å². The van der Waals surface area contributed by atoms with Crippen molar-refractivity contribution in [3.63, 3.8) is 0 Å². The molecule has 1 N–H and O–H groups in total. The standard InChI is InChI=1S/C8H16FINO/c1-7(2,12)8(9)4-5-11(6-8)10-3/h12H,4-6H2,1-3H3/q-1. The van der Waals surface area contributed by atoms with Gasteiger partial charge in [-0.1, -0.05) is 0 Å². The minimum atomic E-state index is -1.39. The van der Waals surface area contributed by atoms with E-state index in [2.05, 4.69) is 8.04 Å². The van der Waals surface area contributed by atoms with Crippen LogP contribution >= 0.6 is 0 Å². The second kappa shape index (κ2) is 3.38. The summed E-state index contributed by atoms with van der Waals surface area (Å²) in [5.74, 6) is 0. The summed E-state index contributed by atoms with van der Waals surface area (Å²) in [6.07, 6.45) is 0.476. The van der Waals surface area contributed by atoms with Crippen LogP contribution in [0.2, 0.25) is 0 Å². The fourth-order valence-corrected chi connectivity index (χ4v) is 2.98. The van der Waals surface area contributed by atoms with E-state index in [0.717, 1.165) is 6.54 Å². The maximum atomic E-state index is 14.0. The van der Waals surface area contributed by atoms with Gasteiger partial charge >= 0.3 is 83.6 Å². The van der Waals surface area contributed by atoms with E-state index < -0.39 is 11.3 Å². The van der Waals surface area contributed by atoms with Crippen LogP contribution in [0.15, 0.2) is 0 Å². The Hall–Kier alpha value is 0.580. The third-order valence-electron chi connectivity index (χ3n) is 2.51. The fourth-order valence-electron chi connectivity index (χ4n) is 1.37. The van der Waals surface area contributed by atoms with Crippen LogP contribution in [0.25, 0.3) is 0 Å². The summed E-state index contributed by atoms with van der Waals surface area (Å²) < 4.78 is 16.1. The first-order valence-electron chi connectivity index (χ1n) is 4.05. The van der Waals surface area contributed by atoms with Gasteiger partial charge in [0.05, 0.1) is 0 Å². The molecule has 0 radical (unpaired) electrons. The first-order valence-corrected chi connectivity index (χ1v) is 7.17. The van der Waals surface area contributed by atoms with Crippen LogP contribution in [0.1, 0.15) is 20.3 Å². The van der Waals surface area contributed by atoms with Crippen molar-refractivity contribution in [2.75, 3.05) is 18.0 Å². The maximum absolute atomic E-state index is 14.0. The molecule has 0 aliphatic carbocycles. The van der Waals surface area contributed by atoms with Crippen molar-refractivity contribution < 1.29 is 31.0 Å². The third kappa shape index (κ3) is 1.90. The summed E-state index contributed by atoms with van der Waals surface area (Å²) in [5.41, 5.74) is -2.58. The average Bonchev–Trinajstić information content (AvgIpc) is 2.31. The second-order valence-corrected chi connectivity index (χ2v) is 6.12. The molecule has 1 unspecified atom stereocenters. The molecule has 1 saturated heterocycles. The van der Waals surface area contributed by atoms with Crippen LogP contribution in [0, 0.1) is 0 Å². The van der Waals surface area contributed by atoms with Gasteiger partial charge < -0.3 is 0 Å². The molecule has 1 atom stereocenters. The molecular weight excluding hydrogens is 272 g/mol. The van der Waals surface area contributed by atoms with Gasteiger partial charge in [-0.05, 0) is 0 Å². The first-order chi connectivity index (χ1) is 5.39. The monoisotopic (exact) mass is 288 g/mol. The van der Waals surface area contributed by atoms with E-state index in [1.54, 1.807) is 13.8 Å². The Labute approximate surface area is 83.7 Å². The van der Waals surface area contributed by atoms with E-state index in [1.165, 1.54) is 0 Å². The van der Waals surface area contributed by atoms with E-state index in [-0.39, 0.29) is 21.5 Å². The minimum absolute atomic E-state index is 0.0218. The van der Waals surface area contributed by atoms with Gasteiger partial charge in [0.2, 0.25) is 0 Å². The molecule has 12 heavy (non-hydrogen) atoms. The Morgan fingerprint density at radius 2 is 2.17 bits per heavy atom. The Balaban J connectivity index is 2.64. The van der Waals surface area contributed by atoms with Gasteiger partial charge in [-0.2, -0.15) is 0 Å². The summed E-state index contributed by atoms with van der Waals surface area (Å²) in [6.45, 7) is 4.35. The normalized spacial score (nSPS) is 33.1. The molecule has 2 nitrogen and oxygen atoms in total. The number of halogens is 2. The number of nitrogens with zero attached hydrogens (tertiary/aromatic N) is 1. The number of hydrogen-bond acceptors (Lipinski definition) is 2. The molecule has 1 aliphatic heterocycles. The summed E-state index contributed by atoms with van der Waals surface area (Å²) >= 11 is -0.0218. The summed E-state index contributed by atoms with van der Waals surface area (Å²) in [4.78, 5) is 2.12. The first kappa shape index (κ1) is 10.7. The molecule has 1 aliphatic rings. The number of aliphatic hydroxyl groups is 1. The zero-order chi connectivity index (χ0) is 9.41. The fraction of sp³-hybridized carbons (Fsp3) is 1.00. The quantitative estimate of drug-likeness (QED) is 0.354. The number of alkyl halides is 2. The Kier molecular flexibility index (Phi) is 3.00. The zero-order valence-electron chi connectivity index (χ0n) is 7.77. The van der Waals surface area contributed by atoms with E-state index in [0.29, 0.717) is 13.0 Å². The van der Waals surface area contributed by atoms with Crippen LogP contribution in [0.3, 0.4) is 0 Å². The van der Waals surface area contributed by atoms with Crippen molar-refractivity contribution in [1.82, 2.24) is 3.11 Å². The van der Waals surface area contributed by atoms with E-state index >= 15 is 0 Å². The Bertz CT molecular complexity index is 171. The van der Waals surface area contributed by atoms with Gasteiger partial charge in [-0.15, -0.1) is 0 Å². The topological polar surface area (TPSA) is 23.5 Å². The Morgan fingerprint density at radius 3 is 2.42 bits per heavy atom. The van der Waals surface area contributed by atoms with E-state index in [4.69, 9.17) is 0 Å². The molecule has 0 aromatic carbocycles. The number of rotatable bonds is 2. The van der Waals surface area contributed by atoms with Gasteiger partial charge in [0.25, 0.3) is 0 Å². The molecule has 74 valence electrons.